The molecule has 1 amide bonds. The molecule has 0 spiro atoms. The molecule has 4 rings (SSSR count). The van der Waals surface area contributed by atoms with Crippen LogP contribution < -0.4 is 9.80 Å². The van der Waals surface area contributed by atoms with Gasteiger partial charge in [-0.3, -0.25) is 9.69 Å². The highest BCUT2D eigenvalue weighted by Gasteiger charge is 2.28. The third-order valence-corrected chi connectivity index (χ3v) is 5.32. The number of amides is 1. The molecule has 0 N–H and O–H groups in total. The molecule has 6 heteroatoms. The summed E-state index contributed by atoms with van der Waals surface area (Å²) in [6, 6.07) is 15.4. The summed E-state index contributed by atoms with van der Waals surface area (Å²) in [5.74, 6) is 1.38. The molecule has 1 aliphatic heterocycles. The smallest absolute Gasteiger partial charge is 0.260 e. The van der Waals surface area contributed by atoms with E-state index < -0.39 is 0 Å². The number of halogens is 1. The summed E-state index contributed by atoms with van der Waals surface area (Å²) in [5, 5.41) is 0. The maximum Gasteiger partial charge on any atom is 0.260 e. The number of benzene rings is 2. The lowest BCUT2D eigenvalue weighted by Crippen LogP contribution is -2.33. The zero-order chi connectivity index (χ0) is 17.4. The number of rotatable bonds is 1. The van der Waals surface area contributed by atoms with E-state index in [4.69, 9.17) is 9.97 Å². The Morgan fingerprint density at radius 2 is 1.60 bits per heavy atom. The maximum absolute atomic E-state index is 13.2. The van der Waals surface area contributed by atoms with Crippen molar-refractivity contribution in [2.24, 2.45) is 0 Å². The van der Waals surface area contributed by atoms with E-state index in [0.717, 1.165) is 33.4 Å². The van der Waals surface area contributed by atoms with Crippen molar-refractivity contribution in [1.82, 2.24) is 9.97 Å². The van der Waals surface area contributed by atoms with Gasteiger partial charge in [-0.05, 0) is 53.3 Å². The minimum absolute atomic E-state index is 0.0221. The van der Waals surface area contributed by atoms with Gasteiger partial charge in [0.1, 0.15) is 0 Å². The number of carbonyl (C=O) groups excluding carboxylic acids is 1. The van der Waals surface area contributed by atoms with Gasteiger partial charge in [-0.15, -0.1) is 0 Å². The van der Waals surface area contributed by atoms with E-state index in [1.807, 2.05) is 55.6 Å². The molecule has 25 heavy (non-hydrogen) atoms. The summed E-state index contributed by atoms with van der Waals surface area (Å²) in [5.41, 5.74) is 2.35. The molecule has 0 atom stereocenters. The van der Waals surface area contributed by atoms with E-state index in [-0.39, 0.29) is 5.91 Å². The second kappa shape index (κ2) is 6.59. The third kappa shape index (κ3) is 2.95. The standard InChI is InChI=1S/C19H17IN4O/c1-23-11-6-12-24(19(25)13-7-2-3-8-14(13)20)18-17(23)21-15-9-4-5-10-16(15)22-18/h2-5,7-10H,6,11-12H2,1H3. The molecule has 0 bridgehead atoms. The SMILES string of the molecule is CN1CCCN(C(=O)c2ccccc2I)c2nc3ccccc3nc21. The quantitative estimate of drug-likeness (QED) is 0.537. The van der Waals surface area contributed by atoms with E-state index in [1.54, 1.807) is 4.90 Å². The summed E-state index contributed by atoms with van der Waals surface area (Å²) >= 11 is 2.21. The molecule has 0 fully saturated rings. The van der Waals surface area contributed by atoms with Crippen LogP contribution in [0, 0.1) is 3.57 Å². The van der Waals surface area contributed by atoms with Crippen LogP contribution in [0.4, 0.5) is 11.6 Å². The van der Waals surface area contributed by atoms with Crippen molar-refractivity contribution in [3.63, 3.8) is 0 Å². The van der Waals surface area contributed by atoms with Crippen molar-refractivity contribution in [2.75, 3.05) is 29.9 Å². The fourth-order valence-corrected chi connectivity index (χ4v) is 3.69. The lowest BCUT2D eigenvalue weighted by molar-refractivity contribution is 0.0985. The van der Waals surface area contributed by atoms with Crippen LogP contribution in [0.1, 0.15) is 16.8 Å². The molecule has 0 radical (unpaired) electrons. The van der Waals surface area contributed by atoms with E-state index in [2.05, 4.69) is 27.5 Å². The van der Waals surface area contributed by atoms with Crippen LogP contribution in [0.2, 0.25) is 0 Å². The van der Waals surface area contributed by atoms with Crippen molar-refractivity contribution < 1.29 is 4.79 Å². The number of hydrogen-bond acceptors (Lipinski definition) is 4. The van der Waals surface area contributed by atoms with E-state index in [1.165, 1.54) is 0 Å². The third-order valence-electron chi connectivity index (χ3n) is 4.38. The second-order valence-corrected chi connectivity index (χ2v) is 7.23. The minimum Gasteiger partial charge on any atom is -0.357 e. The van der Waals surface area contributed by atoms with Gasteiger partial charge in [-0.25, -0.2) is 9.97 Å². The summed E-state index contributed by atoms with van der Waals surface area (Å²) in [6.07, 6.45) is 0.875. The molecule has 0 saturated carbocycles. The van der Waals surface area contributed by atoms with E-state index in [0.29, 0.717) is 17.9 Å². The van der Waals surface area contributed by atoms with Crippen LogP contribution >= 0.6 is 22.6 Å². The van der Waals surface area contributed by atoms with Crippen LogP contribution in [0.25, 0.3) is 11.0 Å². The highest BCUT2D eigenvalue weighted by molar-refractivity contribution is 14.1. The fourth-order valence-electron chi connectivity index (χ4n) is 3.07. The zero-order valence-electron chi connectivity index (χ0n) is 13.8. The number of nitrogens with zero attached hydrogens (tertiary/aromatic N) is 4. The zero-order valence-corrected chi connectivity index (χ0v) is 16.0. The highest BCUT2D eigenvalue weighted by atomic mass is 127. The van der Waals surface area contributed by atoms with Crippen LogP contribution in [0.15, 0.2) is 48.5 Å². The number of fused-ring (bicyclic) bond motifs is 2. The summed E-state index contributed by atoms with van der Waals surface area (Å²) < 4.78 is 0.943. The van der Waals surface area contributed by atoms with Gasteiger partial charge in [0.15, 0.2) is 11.6 Å². The lowest BCUT2D eigenvalue weighted by Gasteiger charge is -2.23. The Kier molecular flexibility index (Phi) is 4.29. The Bertz CT molecular complexity index is 959. The Morgan fingerprint density at radius 3 is 2.32 bits per heavy atom. The predicted octanol–water partition coefficient (Wildman–Crippen LogP) is 3.72. The molecule has 0 saturated heterocycles. The predicted molar refractivity (Wildman–Crippen MR) is 108 cm³/mol. The molecule has 3 aromatic rings. The average molecular weight is 444 g/mol. The summed E-state index contributed by atoms with van der Waals surface area (Å²) in [6.45, 7) is 1.48. The minimum atomic E-state index is -0.0221. The first kappa shape index (κ1) is 16.3. The Morgan fingerprint density at radius 1 is 0.960 bits per heavy atom. The largest absolute Gasteiger partial charge is 0.357 e. The Balaban J connectivity index is 1.87. The summed E-state index contributed by atoms with van der Waals surface area (Å²) in [4.78, 5) is 26.6. The van der Waals surface area contributed by atoms with E-state index >= 15 is 0 Å². The number of hydrogen-bond donors (Lipinski definition) is 0. The number of aromatic nitrogens is 2. The van der Waals surface area contributed by atoms with Crippen LogP contribution in [-0.4, -0.2) is 36.0 Å². The number of anilines is 2. The molecule has 0 aliphatic carbocycles. The molecule has 1 aliphatic rings. The first-order chi connectivity index (χ1) is 12.1. The monoisotopic (exact) mass is 444 g/mol. The summed E-state index contributed by atoms with van der Waals surface area (Å²) in [7, 11) is 2.00. The molecule has 5 nitrogen and oxygen atoms in total. The lowest BCUT2D eigenvalue weighted by atomic mass is 10.2. The van der Waals surface area contributed by atoms with Gasteiger partial charge in [0.05, 0.1) is 16.6 Å². The second-order valence-electron chi connectivity index (χ2n) is 6.07. The molecule has 1 aromatic heterocycles. The number of carbonyl (C=O) groups is 1. The van der Waals surface area contributed by atoms with E-state index in [9.17, 15) is 4.79 Å². The van der Waals surface area contributed by atoms with Crippen LogP contribution in [0.3, 0.4) is 0 Å². The maximum atomic E-state index is 13.2. The van der Waals surface area contributed by atoms with Crippen molar-refractivity contribution in [2.45, 2.75) is 6.42 Å². The molecular weight excluding hydrogens is 427 g/mol. The first-order valence-electron chi connectivity index (χ1n) is 8.19. The Hall–Kier alpha value is -2.22. The van der Waals surface area contributed by atoms with Gasteiger partial charge in [0, 0.05) is 23.7 Å². The Labute approximate surface area is 159 Å². The fraction of sp³-hybridized carbons (Fsp3) is 0.211. The average Bonchev–Trinajstić information content (AvgIpc) is 2.79. The van der Waals surface area contributed by atoms with Crippen LogP contribution in [-0.2, 0) is 0 Å². The van der Waals surface area contributed by atoms with Crippen molar-refractivity contribution in [1.29, 1.82) is 0 Å². The van der Waals surface area contributed by atoms with Crippen molar-refractivity contribution in [3.05, 3.63) is 57.7 Å². The molecular formula is C19H17IN4O. The molecule has 2 heterocycles. The normalized spacial score (nSPS) is 14.3. The topological polar surface area (TPSA) is 49.3 Å². The van der Waals surface area contributed by atoms with Gasteiger partial charge in [-0.2, -0.15) is 0 Å². The van der Waals surface area contributed by atoms with Gasteiger partial charge >= 0.3 is 0 Å². The van der Waals surface area contributed by atoms with Gasteiger partial charge in [-0.1, -0.05) is 24.3 Å². The van der Waals surface area contributed by atoms with Gasteiger partial charge in [0.2, 0.25) is 0 Å². The first-order valence-corrected chi connectivity index (χ1v) is 9.27. The number of para-hydroxylation sites is 2. The molecule has 126 valence electrons. The van der Waals surface area contributed by atoms with Crippen molar-refractivity contribution >= 4 is 51.2 Å². The van der Waals surface area contributed by atoms with Gasteiger partial charge in [0.25, 0.3) is 5.91 Å². The highest BCUT2D eigenvalue weighted by Crippen LogP contribution is 2.31. The van der Waals surface area contributed by atoms with Gasteiger partial charge < -0.3 is 4.90 Å². The molecule has 0 unspecified atom stereocenters. The molecule has 2 aromatic carbocycles. The van der Waals surface area contributed by atoms with Crippen molar-refractivity contribution in [3.8, 4) is 0 Å². The van der Waals surface area contributed by atoms with Crippen LogP contribution in [0.5, 0.6) is 0 Å².